The van der Waals surface area contributed by atoms with Crippen LogP contribution in [0.5, 0.6) is 0 Å². The van der Waals surface area contributed by atoms with Gasteiger partial charge in [-0.25, -0.2) is 9.18 Å². The van der Waals surface area contributed by atoms with Crippen molar-refractivity contribution in [3.63, 3.8) is 0 Å². The van der Waals surface area contributed by atoms with Crippen LogP contribution in [0.1, 0.15) is 11.1 Å². The first kappa shape index (κ1) is 16.5. The van der Waals surface area contributed by atoms with Gasteiger partial charge in [0.05, 0.1) is 0 Å². The second-order valence-electron chi connectivity index (χ2n) is 4.93. The summed E-state index contributed by atoms with van der Waals surface area (Å²) in [6, 6.07) is 13.6. The number of nitrogens with one attached hydrogen (secondary N) is 2. The number of benzene rings is 2. The zero-order valence-corrected chi connectivity index (χ0v) is 12.6. The van der Waals surface area contributed by atoms with Gasteiger partial charge in [-0.3, -0.25) is 4.79 Å². The number of carbonyl (C=O) groups excluding carboxylic acids is 2. The van der Waals surface area contributed by atoms with Crippen LogP contribution in [0.25, 0.3) is 0 Å². The van der Waals surface area contributed by atoms with E-state index < -0.39 is 17.8 Å². The molecule has 2 aromatic carbocycles. The molecule has 2 rings (SSSR count). The van der Waals surface area contributed by atoms with Crippen molar-refractivity contribution in [3.05, 3.63) is 65.5 Å². The molecule has 0 spiro atoms. The van der Waals surface area contributed by atoms with Crippen LogP contribution in [-0.4, -0.2) is 18.5 Å². The molecule has 0 aromatic heterocycles. The fourth-order valence-corrected chi connectivity index (χ4v) is 1.80. The second-order valence-corrected chi connectivity index (χ2v) is 4.93. The number of carbonyl (C=O) groups is 2. The first-order chi connectivity index (χ1) is 11.0. The van der Waals surface area contributed by atoms with Gasteiger partial charge in [-0.1, -0.05) is 36.4 Å². The minimum atomic E-state index is -0.695. The van der Waals surface area contributed by atoms with Crippen molar-refractivity contribution in [3.8, 4) is 0 Å². The highest BCUT2D eigenvalue weighted by atomic mass is 19.1. The summed E-state index contributed by atoms with van der Waals surface area (Å²) in [7, 11) is 0. The van der Waals surface area contributed by atoms with E-state index in [4.69, 9.17) is 4.74 Å². The first-order valence-electron chi connectivity index (χ1n) is 7.05. The first-order valence-corrected chi connectivity index (χ1v) is 7.05. The van der Waals surface area contributed by atoms with Crippen LogP contribution in [-0.2, 0) is 16.1 Å². The summed E-state index contributed by atoms with van der Waals surface area (Å²) in [4.78, 5) is 23.2. The summed E-state index contributed by atoms with van der Waals surface area (Å²) in [5.74, 6) is -0.872. The van der Waals surface area contributed by atoms with Crippen LogP contribution in [0.3, 0.4) is 0 Å². The SMILES string of the molecule is Cc1ccc(NC(=O)CNC(=O)OCc2ccccc2)cc1F. The molecule has 0 saturated heterocycles. The Balaban J connectivity index is 1.73. The summed E-state index contributed by atoms with van der Waals surface area (Å²) in [6.07, 6.45) is -0.695. The minimum Gasteiger partial charge on any atom is -0.445 e. The van der Waals surface area contributed by atoms with Crippen molar-refractivity contribution < 1.29 is 18.7 Å². The Bertz CT molecular complexity index is 689. The molecule has 0 heterocycles. The van der Waals surface area contributed by atoms with E-state index in [1.54, 1.807) is 19.1 Å². The summed E-state index contributed by atoms with van der Waals surface area (Å²) in [6.45, 7) is 1.49. The molecule has 120 valence electrons. The Hall–Kier alpha value is -2.89. The van der Waals surface area contributed by atoms with E-state index in [9.17, 15) is 14.0 Å². The van der Waals surface area contributed by atoms with Crippen molar-refractivity contribution in [1.29, 1.82) is 0 Å². The fraction of sp³-hybridized carbons (Fsp3) is 0.176. The monoisotopic (exact) mass is 316 g/mol. The van der Waals surface area contributed by atoms with E-state index in [0.717, 1.165) is 5.56 Å². The smallest absolute Gasteiger partial charge is 0.407 e. The molecule has 6 heteroatoms. The fourth-order valence-electron chi connectivity index (χ4n) is 1.80. The minimum absolute atomic E-state index is 0.122. The van der Waals surface area contributed by atoms with Gasteiger partial charge in [0.15, 0.2) is 0 Å². The molecule has 2 N–H and O–H groups in total. The number of ether oxygens (including phenoxy) is 1. The largest absolute Gasteiger partial charge is 0.445 e. The molecule has 2 amide bonds. The molecule has 23 heavy (non-hydrogen) atoms. The Morgan fingerprint density at radius 3 is 2.57 bits per heavy atom. The molecule has 0 radical (unpaired) electrons. The van der Waals surface area contributed by atoms with Crippen molar-refractivity contribution in [2.24, 2.45) is 0 Å². The lowest BCUT2D eigenvalue weighted by Crippen LogP contribution is -2.33. The lowest BCUT2D eigenvalue weighted by Gasteiger charge is -2.08. The van der Waals surface area contributed by atoms with E-state index in [1.807, 2.05) is 30.3 Å². The van der Waals surface area contributed by atoms with Crippen molar-refractivity contribution >= 4 is 17.7 Å². The third kappa shape index (κ3) is 5.43. The quantitative estimate of drug-likeness (QED) is 0.891. The zero-order valence-electron chi connectivity index (χ0n) is 12.6. The van der Waals surface area contributed by atoms with Crippen LogP contribution in [0.15, 0.2) is 48.5 Å². The average molecular weight is 316 g/mol. The summed E-state index contributed by atoms with van der Waals surface area (Å²) in [5, 5.41) is 4.82. The van der Waals surface area contributed by atoms with E-state index in [-0.39, 0.29) is 13.2 Å². The summed E-state index contributed by atoms with van der Waals surface area (Å²) in [5.41, 5.74) is 1.67. The number of hydrogen-bond donors (Lipinski definition) is 2. The topological polar surface area (TPSA) is 67.4 Å². The molecular weight excluding hydrogens is 299 g/mol. The van der Waals surface area contributed by atoms with Crippen molar-refractivity contribution in [1.82, 2.24) is 5.32 Å². The second kappa shape index (κ2) is 7.93. The summed E-state index contributed by atoms with van der Waals surface area (Å²) >= 11 is 0. The van der Waals surface area contributed by atoms with Crippen LogP contribution in [0, 0.1) is 12.7 Å². The van der Waals surface area contributed by atoms with E-state index in [2.05, 4.69) is 10.6 Å². The van der Waals surface area contributed by atoms with Crippen molar-refractivity contribution in [2.75, 3.05) is 11.9 Å². The van der Waals surface area contributed by atoms with Gasteiger partial charge >= 0.3 is 6.09 Å². The number of alkyl carbamates (subject to hydrolysis) is 1. The normalized spacial score (nSPS) is 10.0. The molecule has 2 aromatic rings. The molecule has 0 unspecified atom stereocenters. The maximum Gasteiger partial charge on any atom is 0.407 e. The Morgan fingerprint density at radius 2 is 1.87 bits per heavy atom. The highest BCUT2D eigenvalue weighted by Crippen LogP contribution is 2.13. The van der Waals surface area contributed by atoms with Gasteiger partial charge in [-0.15, -0.1) is 0 Å². The average Bonchev–Trinajstić information content (AvgIpc) is 2.55. The van der Waals surface area contributed by atoms with Gasteiger partial charge in [0.1, 0.15) is 19.0 Å². The number of hydrogen-bond acceptors (Lipinski definition) is 3. The Morgan fingerprint density at radius 1 is 1.13 bits per heavy atom. The predicted octanol–water partition coefficient (Wildman–Crippen LogP) is 3.00. The maximum absolute atomic E-state index is 13.4. The molecule has 0 aliphatic carbocycles. The molecule has 0 fully saturated rings. The van der Waals surface area contributed by atoms with Crippen molar-refractivity contribution in [2.45, 2.75) is 13.5 Å². The highest BCUT2D eigenvalue weighted by molar-refractivity contribution is 5.93. The van der Waals surface area contributed by atoms with E-state index in [0.29, 0.717) is 11.3 Å². The molecule has 0 bridgehead atoms. The van der Waals surface area contributed by atoms with Crippen LogP contribution < -0.4 is 10.6 Å². The third-order valence-electron chi connectivity index (χ3n) is 3.06. The molecule has 0 aliphatic heterocycles. The zero-order chi connectivity index (χ0) is 16.7. The van der Waals surface area contributed by atoms with Gasteiger partial charge in [0.2, 0.25) is 5.91 Å². The predicted molar refractivity (Wildman–Crippen MR) is 84.4 cm³/mol. The van der Waals surface area contributed by atoms with Gasteiger partial charge in [0.25, 0.3) is 0 Å². The third-order valence-corrected chi connectivity index (χ3v) is 3.06. The van der Waals surface area contributed by atoms with E-state index >= 15 is 0 Å². The number of halogens is 1. The van der Waals surface area contributed by atoms with Gasteiger partial charge in [-0.05, 0) is 30.2 Å². The van der Waals surface area contributed by atoms with Crippen LogP contribution >= 0.6 is 0 Å². The number of rotatable bonds is 5. The standard InChI is InChI=1S/C17H17FN2O3/c1-12-7-8-14(9-15(12)18)20-16(21)10-19-17(22)23-11-13-5-3-2-4-6-13/h2-9H,10-11H2,1H3,(H,19,22)(H,20,21). The number of aryl methyl sites for hydroxylation is 1. The maximum atomic E-state index is 13.4. The molecular formula is C17H17FN2O3. The Kier molecular flexibility index (Phi) is 5.68. The molecule has 0 saturated carbocycles. The Labute approximate surface area is 133 Å². The van der Waals surface area contributed by atoms with Crippen LogP contribution in [0.2, 0.25) is 0 Å². The molecule has 0 atom stereocenters. The lowest BCUT2D eigenvalue weighted by atomic mass is 10.2. The molecule has 0 aliphatic rings. The highest BCUT2D eigenvalue weighted by Gasteiger charge is 2.08. The van der Waals surface area contributed by atoms with Crippen LogP contribution in [0.4, 0.5) is 14.9 Å². The molecule has 5 nitrogen and oxygen atoms in total. The van der Waals surface area contributed by atoms with Gasteiger partial charge < -0.3 is 15.4 Å². The lowest BCUT2D eigenvalue weighted by molar-refractivity contribution is -0.115. The van der Waals surface area contributed by atoms with Gasteiger partial charge in [0, 0.05) is 5.69 Å². The summed E-state index contributed by atoms with van der Waals surface area (Å²) < 4.78 is 18.3. The number of anilines is 1. The number of amides is 2. The van der Waals surface area contributed by atoms with E-state index in [1.165, 1.54) is 6.07 Å². The van der Waals surface area contributed by atoms with Gasteiger partial charge in [-0.2, -0.15) is 0 Å².